The lowest BCUT2D eigenvalue weighted by Crippen LogP contribution is -2.18. The Hall–Kier alpha value is -2.80. The second kappa shape index (κ2) is 7.18. The zero-order valence-electron chi connectivity index (χ0n) is 13.1. The molecule has 24 heavy (non-hydrogen) atoms. The number of nitrogens with two attached hydrogens (primary N) is 1. The van der Waals surface area contributed by atoms with Crippen molar-refractivity contribution in [1.82, 2.24) is 20.3 Å². The van der Waals surface area contributed by atoms with Crippen LogP contribution in [0.25, 0.3) is 0 Å². The maximum atomic E-state index is 6.09. The van der Waals surface area contributed by atoms with E-state index in [4.69, 9.17) is 22.1 Å². The molecule has 0 fully saturated rings. The van der Waals surface area contributed by atoms with E-state index in [1.807, 2.05) is 24.3 Å². The van der Waals surface area contributed by atoms with Gasteiger partial charge in [0.2, 0.25) is 0 Å². The zero-order chi connectivity index (χ0) is 16.9. The third-order valence-corrected chi connectivity index (χ3v) is 3.65. The van der Waals surface area contributed by atoms with Gasteiger partial charge in [-0.25, -0.2) is 0 Å². The molecule has 0 amide bonds. The van der Waals surface area contributed by atoms with Gasteiger partial charge in [-0.05, 0) is 41.1 Å². The van der Waals surface area contributed by atoms with E-state index in [1.54, 1.807) is 6.07 Å². The largest absolute Gasteiger partial charge is 0.489 e. The number of anilines is 1. The normalized spacial score (nSPS) is 10.6. The standard InChI is InChI=1S/C16H17ClN6O/c1-11-3-2-4-12(7-11)10-24-15-6-5-14(17)8-13(15)9-19-23-16(18)20-21-22-23/h2-8,19H,9-10H2,1H3,(H2,18,20,22). The van der Waals surface area contributed by atoms with Crippen molar-refractivity contribution in [3.05, 3.63) is 64.2 Å². The summed E-state index contributed by atoms with van der Waals surface area (Å²) in [5, 5.41) is 11.4. The van der Waals surface area contributed by atoms with E-state index in [9.17, 15) is 0 Å². The first-order valence-corrected chi connectivity index (χ1v) is 7.74. The second-order valence-corrected chi connectivity index (χ2v) is 5.75. The number of aryl methyl sites for hydroxylation is 1. The quantitative estimate of drug-likeness (QED) is 0.714. The first kappa shape index (κ1) is 16.1. The molecule has 8 heteroatoms. The van der Waals surface area contributed by atoms with Crippen molar-refractivity contribution in [2.45, 2.75) is 20.1 Å². The number of benzene rings is 2. The molecule has 2 aromatic carbocycles. The number of nitrogens with one attached hydrogen (secondary N) is 1. The van der Waals surface area contributed by atoms with Crippen LogP contribution in [0, 0.1) is 6.92 Å². The molecule has 0 aliphatic rings. The number of hydrogen-bond donors (Lipinski definition) is 2. The Bertz CT molecular complexity index is 835. The van der Waals surface area contributed by atoms with Crippen LogP contribution >= 0.6 is 11.6 Å². The van der Waals surface area contributed by atoms with Crippen LogP contribution in [0.4, 0.5) is 5.95 Å². The van der Waals surface area contributed by atoms with Gasteiger partial charge >= 0.3 is 0 Å². The maximum absolute atomic E-state index is 6.09. The summed E-state index contributed by atoms with van der Waals surface area (Å²) in [5.74, 6) is 0.916. The first-order chi connectivity index (χ1) is 11.6. The molecule has 0 aliphatic heterocycles. The average Bonchev–Trinajstić information content (AvgIpc) is 2.97. The molecule has 0 unspecified atom stereocenters. The summed E-state index contributed by atoms with van der Waals surface area (Å²) in [7, 11) is 0. The Morgan fingerprint density at radius 3 is 2.88 bits per heavy atom. The summed E-state index contributed by atoms with van der Waals surface area (Å²) in [6, 6.07) is 13.7. The third-order valence-electron chi connectivity index (χ3n) is 3.41. The number of rotatable bonds is 6. The van der Waals surface area contributed by atoms with Crippen LogP contribution in [0.3, 0.4) is 0 Å². The van der Waals surface area contributed by atoms with Crippen LogP contribution < -0.4 is 15.9 Å². The zero-order valence-corrected chi connectivity index (χ0v) is 13.9. The van der Waals surface area contributed by atoms with Gasteiger partial charge in [0.05, 0.1) is 6.54 Å². The molecule has 0 saturated carbocycles. The molecule has 3 rings (SSSR count). The summed E-state index contributed by atoms with van der Waals surface area (Å²) in [6.45, 7) is 2.94. The van der Waals surface area contributed by atoms with Crippen molar-refractivity contribution in [2.24, 2.45) is 0 Å². The van der Waals surface area contributed by atoms with Crippen molar-refractivity contribution in [2.75, 3.05) is 11.2 Å². The number of aromatic nitrogens is 4. The van der Waals surface area contributed by atoms with Gasteiger partial charge in [0.1, 0.15) is 12.4 Å². The molecule has 0 aliphatic carbocycles. The van der Waals surface area contributed by atoms with Gasteiger partial charge in [-0.3, -0.25) is 0 Å². The molecular formula is C16H17ClN6O. The fourth-order valence-electron chi connectivity index (χ4n) is 2.26. The van der Waals surface area contributed by atoms with Gasteiger partial charge < -0.3 is 15.9 Å². The molecule has 0 saturated heterocycles. The van der Waals surface area contributed by atoms with Crippen LogP contribution in [0.5, 0.6) is 5.75 Å². The minimum absolute atomic E-state index is 0.180. The van der Waals surface area contributed by atoms with Gasteiger partial charge in [-0.1, -0.05) is 46.5 Å². The van der Waals surface area contributed by atoms with E-state index in [0.717, 1.165) is 16.9 Å². The number of hydrogen-bond acceptors (Lipinski definition) is 6. The van der Waals surface area contributed by atoms with E-state index >= 15 is 0 Å². The molecule has 0 radical (unpaired) electrons. The monoisotopic (exact) mass is 344 g/mol. The van der Waals surface area contributed by atoms with E-state index < -0.39 is 0 Å². The fraction of sp³-hybridized carbons (Fsp3) is 0.188. The molecule has 3 aromatic rings. The fourth-order valence-corrected chi connectivity index (χ4v) is 2.45. The van der Waals surface area contributed by atoms with Crippen LogP contribution in [-0.4, -0.2) is 20.3 Å². The van der Waals surface area contributed by atoms with Gasteiger partial charge in [0.15, 0.2) is 0 Å². The van der Waals surface area contributed by atoms with Crippen molar-refractivity contribution in [3.8, 4) is 5.75 Å². The highest BCUT2D eigenvalue weighted by atomic mass is 35.5. The Morgan fingerprint density at radius 1 is 1.25 bits per heavy atom. The summed E-state index contributed by atoms with van der Waals surface area (Å²) < 4.78 is 5.94. The Kier molecular flexibility index (Phi) is 4.81. The molecule has 1 aromatic heterocycles. The molecule has 124 valence electrons. The summed E-state index contributed by atoms with van der Waals surface area (Å²) in [6.07, 6.45) is 0. The van der Waals surface area contributed by atoms with E-state index in [2.05, 4.69) is 40.0 Å². The van der Waals surface area contributed by atoms with Crippen molar-refractivity contribution >= 4 is 17.5 Å². The molecular weight excluding hydrogens is 328 g/mol. The summed E-state index contributed by atoms with van der Waals surface area (Å²) in [4.78, 5) is 1.30. The topological polar surface area (TPSA) is 90.9 Å². The van der Waals surface area contributed by atoms with Crippen LogP contribution in [0.2, 0.25) is 5.02 Å². The van der Waals surface area contributed by atoms with E-state index in [0.29, 0.717) is 18.2 Å². The minimum atomic E-state index is 0.180. The lowest BCUT2D eigenvalue weighted by Gasteiger charge is -2.13. The van der Waals surface area contributed by atoms with E-state index in [-0.39, 0.29) is 5.95 Å². The smallest absolute Gasteiger partial charge is 0.260 e. The number of nitrogen functional groups attached to an aromatic ring is 1. The number of tetrazole rings is 1. The van der Waals surface area contributed by atoms with Crippen LogP contribution in [0.1, 0.15) is 16.7 Å². The predicted molar refractivity (Wildman–Crippen MR) is 92.3 cm³/mol. The van der Waals surface area contributed by atoms with Crippen molar-refractivity contribution in [1.29, 1.82) is 0 Å². The average molecular weight is 345 g/mol. The highest BCUT2D eigenvalue weighted by Gasteiger charge is 2.07. The maximum Gasteiger partial charge on any atom is 0.260 e. The Labute approximate surface area is 144 Å². The molecule has 7 nitrogen and oxygen atoms in total. The van der Waals surface area contributed by atoms with Gasteiger partial charge in [0, 0.05) is 10.6 Å². The van der Waals surface area contributed by atoms with Crippen molar-refractivity contribution < 1.29 is 4.74 Å². The first-order valence-electron chi connectivity index (χ1n) is 7.36. The number of nitrogens with zero attached hydrogens (tertiary/aromatic N) is 4. The number of ether oxygens (including phenoxy) is 1. The Balaban J connectivity index is 1.71. The van der Waals surface area contributed by atoms with Crippen LogP contribution in [-0.2, 0) is 13.2 Å². The van der Waals surface area contributed by atoms with E-state index in [1.165, 1.54) is 10.4 Å². The lowest BCUT2D eigenvalue weighted by molar-refractivity contribution is 0.303. The summed E-state index contributed by atoms with van der Waals surface area (Å²) >= 11 is 6.09. The molecule has 0 spiro atoms. The summed E-state index contributed by atoms with van der Waals surface area (Å²) in [5.41, 5.74) is 11.8. The molecule has 0 atom stereocenters. The SMILES string of the molecule is Cc1cccc(COc2ccc(Cl)cc2CNn2nnnc2N)c1. The van der Waals surface area contributed by atoms with Gasteiger partial charge in [-0.2, -0.15) is 0 Å². The Morgan fingerprint density at radius 2 is 2.12 bits per heavy atom. The molecule has 3 N–H and O–H groups in total. The molecule has 0 bridgehead atoms. The number of halogens is 1. The second-order valence-electron chi connectivity index (χ2n) is 5.31. The van der Waals surface area contributed by atoms with Gasteiger partial charge in [-0.15, -0.1) is 4.79 Å². The highest BCUT2D eigenvalue weighted by Crippen LogP contribution is 2.24. The molecule has 1 heterocycles. The lowest BCUT2D eigenvalue weighted by atomic mass is 10.1. The predicted octanol–water partition coefficient (Wildman–Crippen LogP) is 2.54. The third kappa shape index (κ3) is 3.94. The minimum Gasteiger partial charge on any atom is -0.489 e. The van der Waals surface area contributed by atoms with Crippen LogP contribution in [0.15, 0.2) is 42.5 Å². The van der Waals surface area contributed by atoms with Gasteiger partial charge in [0.25, 0.3) is 5.95 Å². The van der Waals surface area contributed by atoms with Crippen molar-refractivity contribution in [3.63, 3.8) is 0 Å². The highest BCUT2D eigenvalue weighted by molar-refractivity contribution is 6.30.